The number of rotatable bonds is 5. The van der Waals surface area contributed by atoms with Gasteiger partial charge in [-0.2, -0.15) is 0 Å². The lowest BCUT2D eigenvalue weighted by Gasteiger charge is -2.30. The fourth-order valence-corrected chi connectivity index (χ4v) is 1.72. The molecule has 0 atom stereocenters. The number of nitrogens with one attached hydrogen (secondary N) is 1. The minimum atomic E-state index is -0.285. The van der Waals surface area contributed by atoms with Gasteiger partial charge in [-0.3, -0.25) is 4.79 Å². The summed E-state index contributed by atoms with van der Waals surface area (Å²) in [5.74, 6) is 0.590. The summed E-state index contributed by atoms with van der Waals surface area (Å²) in [6.07, 6.45) is 0. The van der Waals surface area contributed by atoms with Crippen molar-refractivity contribution in [1.82, 2.24) is 10.2 Å². The predicted octanol–water partition coefficient (Wildman–Crippen LogP) is 0.882. The zero-order valence-electron chi connectivity index (χ0n) is 10.4. The SMILES string of the molecule is CN(CCOc1ccc(F)cc1)C(=O)C1CNC1. The summed E-state index contributed by atoms with van der Waals surface area (Å²) in [5.41, 5.74) is 0. The molecule has 2 rings (SSSR count). The molecule has 18 heavy (non-hydrogen) atoms. The summed E-state index contributed by atoms with van der Waals surface area (Å²) in [4.78, 5) is 13.5. The van der Waals surface area contributed by atoms with Crippen LogP contribution in [0.3, 0.4) is 0 Å². The van der Waals surface area contributed by atoms with E-state index >= 15 is 0 Å². The van der Waals surface area contributed by atoms with Gasteiger partial charge in [-0.05, 0) is 24.3 Å². The van der Waals surface area contributed by atoms with Gasteiger partial charge in [-0.15, -0.1) is 0 Å². The normalized spacial score (nSPS) is 15.0. The van der Waals surface area contributed by atoms with Gasteiger partial charge in [0.2, 0.25) is 5.91 Å². The van der Waals surface area contributed by atoms with Gasteiger partial charge in [0.05, 0.1) is 12.5 Å². The number of benzene rings is 1. The van der Waals surface area contributed by atoms with Crippen molar-refractivity contribution in [2.75, 3.05) is 33.3 Å². The first kappa shape index (κ1) is 12.8. The Kier molecular flexibility index (Phi) is 4.15. The number of halogens is 1. The summed E-state index contributed by atoms with van der Waals surface area (Å²) < 4.78 is 18.1. The first-order chi connectivity index (χ1) is 8.66. The fourth-order valence-electron chi connectivity index (χ4n) is 1.72. The smallest absolute Gasteiger partial charge is 0.228 e. The van der Waals surface area contributed by atoms with Gasteiger partial charge in [0.15, 0.2) is 0 Å². The number of ether oxygens (including phenoxy) is 1. The Morgan fingerprint density at radius 2 is 2.11 bits per heavy atom. The van der Waals surface area contributed by atoms with Crippen LogP contribution in [-0.4, -0.2) is 44.1 Å². The van der Waals surface area contributed by atoms with E-state index in [0.717, 1.165) is 13.1 Å². The third-order valence-corrected chi connectivity index (χ3v) is 3.02. The molecule has 1 amide bonds. The molecule has 1 heterocycles. The molecule has 1 saturated heterocycles. The van der Waals surface area contributed by atoms with Crippen LogP contribution in [0.4, 0.5) is 4.39 Å². The molecule has 0 bridgehead atoms. The molecule has 0 saturated carbocycles. The summed E-state index contributed by atoms with van der Waals surface area (Å²) in [5, 5.41) is 3.07. The Morgan fingerprint density at radius 3 is 2.67 bits per heavy atom. The molecule has 0 unspecified atom stereocenters. The van der Waals surface area contributed by atoms with E-state index in [1.807, 2.05) is 0 Å². The van der Waals surface area contributed by atoms with Crippen LogP contribution >= 0.6 is 0 Å². The highest BCUT2D eigenvalue weighted by Crippen LogP contribution is 2.11. The van der Waals surface area contributed by atoms with E-state index in [0.29, 0.717) is 18.9 Å². The van der Waals surface area contributed by atoms with Crippen molar-refractivity contribution < 1.29 is 13.9 Å². The van der Waals surface area contributed by atoms with Crippen LogP contribution in [0.1, 0.15) is 0 Å². The minimum Gasteiger partial charge on any atom is -0.492 e. The molecule has 1 aliphatic heterocycles. The highest BCUT2D eigenvalue weighted by Gasteiger charge is 2.27. The third kappa shape index (κ3) is 3.20. The molecule has 4 nitrogen and oxygen atoms in total. The predicted molar refractivity (Wildman–Crippen MR) is 65.9 cm³/mol. The molecule has 1 N–H and O–H groups in total. The number of nitrogens with zero attached hydrogens (tertiary/aromatic N) is 1. The fraction of sp³-hybridized carbons (Fsp3) is 0.462. The number of carbonyl (C=O) groups excluding carboxylic acids is 1. The maximum Gasteiger partial charge on any atom is 0.228 e. The van der Waals surface area contributed by atoms with Gasteiger partial charge < -0.3 is 15.0 Å². The number of hydrogen-bond acceptors (Lipinski definition) is 3. The van der Waals surface area contributed by atoms with Gasteiger partial charge in [0.25, 0.3) is 0 Å². The molecule has 1 fully saturated rings. The van der Waals surface area contributed by atoms with E-state index in [2.05, 4.69) is 5.32 Å². The van der Waals surface area contributed by atoms with Gasteiger partial charge in [-0.25, -0.2) is 4.39 Å². The van der Waals surface area contributed by atoms with Crippen LogP contribution in [-0.2, 0) is 4.79 Å². The van der Waals surface area contributed by atoms with E-state index in [1.54, 1.807) is 24.1 Å². The zero-order chi connectivity index (χ0) is 13.0. The van der Waals surface area contributed by atoms with Crippen molar-refractivity contribution >= 4 is 5.91 Å². The van der Waals surface area contributed by atoms with Crippen molar-refractivity contribution in [2.24, 2.45) is 5.92 Å². The van der Waals surface area contributed by atoms with Crippen LogP contribution < -0.4 is 10.1 Å². The Hall–Kier alpha value is -1.62. The van der Waals surface area contributed by atoms with Crippen LogP contribution in [0.2, 0.25) is 0 Å². The van der Waals surface area contributed by atoms with Crippen molar-refractivity contribution in [1.29, 1.82) is 0 Å². The van der Waals surface area contributed by atoms with Crippen molar-refractivity contribution in [2.45, 2.75) is 0 Å². The van der Waals surface area contributed by atoms with Gasteiger partial charge >= 0.3 is 0 Å². The second kappa shape index (κ2) is 5.82. The number of carbonyl (C=O) groups is 1. The van der Waals surface area contributed by atoms with Crippen LogP contribution in [0, 0.1) is 11.7 Å². The second-order valence-electron chi connectivity index (χ2n) is 4.42. The van der Waals surface area contributed by atoms with Crippen molar-refractivity contribution in [3.05, 3.63) is 30.1 Å². The molecule has 1 aromatic carbocycles. The number of amides is 1. The molecular formula is C13H17FN2O2. The number of hydrogen-bond donors (Lipinski definition) is 1. The molecule has 1 aliphatic rings. The largest absolute Gasteiger partial charge is 0.492 e. The van der Waals surface area contributed by atoms with Crippen LogP contribution in [0.5, 0.6) is 5.75 Å². The maximum absolute atomic E-state index is 12.7. The molecule has 1 aromatic rings. The van der Waals surface area contributed by atoms with Crippen molar-refractivity contribution in [3.63, 3.8) is 0 Å². The second-order valence-corrected chi connectivity index (χ2v) is 4.42. The van der Waals surface area contributed by atoms with Crippen LogP contribution in [0.25, 0.3) is 0 Å². The van der Waals surface area contributed by atoms with E-state index in [4.69, 9.17) is 4.74 Å². The Morgan fingerprint density at radius 1 is 1.44 bits per heavy atom. The van der Waals surface area contributed by atoms with Crippen molar-refractivity contribution in [3.8, 4) is 5.75 Å². The topological polar surface area (TPSA) is 41.6 Å². The first-order valence-corrected chi connectivity index (χ1v) is 6.01. The minimum absolute atomic E-state index is 0.112. The van der Waals surface area contributed by atoms with E-state index in [1.165, 1.54) is 12.1 Å². The Labute approximate surface area is 106 Å². The summed E-state index contributed by atoms with van der Waals surface area (Å²) >= 11 is 0. The summed E-state index contributed by atoms with van der Waals surface area (Å²) in [7, 11) is 1.77. The molecule has 0 radical (unpaired) electrons. The van der Waals surface area contributed by atoms with E-state index < -0.39 is 0 Å². The first-order valence-electron chi connectivity index (χ1n) is 6.01. The molecule has 0 spiro atoms. The Bertz CT molecular complexity index is 404. The molecule has 0 aliphatic carbocycles. The van der Waals surface area contributed by atoms with Gasteiger partial charge in [-0.1, -0.05) is 0 Å². The van der Waals surface area contributed by atoms with Crippen LogP contribution in [0.15, 0.2) is 24.3 Å². The molecule has 98 valence electrons. The molecule has 0 aromatic heterocycles. The van der Waals surface area contributed by atoms with E-state index in [-0.39, 0.29) is 17.6 Å². The highest BCUT2D eigenvalue weighted by atomic mass is 19.1. The Balaban J connectivity index is 1.71. The molecule has 5 heteroatoms. The van der Waals surface area contributed by atoms with Gasteiger partial charge in [0, 0.05) is 20.1 Å². The zero-order valence-corrected chi connectivity index (χ0v) is 10.4. The average Bonchev–Trinajstić information content (AvgIpc) is 2.29. The van der Waals surface area contributed by atoms with E-state index in [9.17, 15) is 9.18 Å². The summed E-state index contributed by atoms with van der Waals surface area (Å²) in [6, 6.07) is 5.86. The maximum atomic E-state index is 12.7. The average molecular weight is 252 g/mol. The number of likely N-dealkylation sites (N-methyl/N-ethyl adjacent to an activating group) is 1. The third-order valence-electron chi connectivity index (χ3n) is 3.02. The monoisotopic (exact) mass is 252 g/mol. The standard InChI is InChI=1S/C13H17FN2O2/c1-16(13(17)10-8-15-9-10)6-7-18-12-4-2-11(14)3-5-12/h2-5,10,15H,6-9H2,1H3. The molecular weight excluding hydrogens is 235 g/mol. The van der Waals surface area contributed by atoms with Gasteiger partial charge in [0.1, 0.15) is 18.2 Å². The lowest BCUT2D eigenvalue weighted by molar-refractivity contribution is -0.136. The highest BCUT2D eigenvalue weighted by molar-refractivity contribution is 5.79. The lowest BCUT2D eigenvalue weighted by atomic mass is 10.0. The quantitative estimate of drug-likeness (QED) is 0.846. The lowest BCUT2D eigenvalue weighted by Crippen LogP contribution is -2.51. The summed E-state index contributed by atoms with van der Waals surface area (Å²) in [6.45, 7) is 2.48.